The fourth-order valence-corrected chi connectivity index (χ4v) is 2.97. The molecule has 0 atom stereocenters. The van der Waals surface area contributed by atoms with E-state index < -0.39 is 4.92 Å². The maximum absolute atomic E-state index is 12.0. The van der Waals surface area contributed by atoms with E-state index in [0.29, 0.717) is 34.3 Å². The number of carbonyl (C=O) groups excluding carboxylic acids is 1. The minimum atomic E-state index is -0.484. The van der Waals surface area contributed by atoms with Crippen LogP contribution in [0.25, 0.3) is 22.5 Å². The lowest BCUT2D eigenvalue weighted by atomic mass is 10.1. The molecule has 29 heavy (non-hydrogen) atoms. The van der Waals surface area contributed by atoms with E-state index in [2.05, 4.69) is 25.3 Å². The van der Waals surface area contributed by atoms with Crippen molar-refractivity contribution < 1.29 is 9.72 Å². The van der Waals surface area contributed by atoms with Crippen LogP contribution in [-0.4, -0.2) is 30.8 Å². The number of nitrogens with zero attached hydrogens (tertiary/aromatic N) is 5. The van der Waals surface area contributed by atoms with Gasteiger partial charge in [-0.3, -0.25) is 19.9 Å². The molecule has 1 saturated carbocycles. The lowest BCUT2D eigenvalue weighted by Crippen LogP contribution is -2.14. The second-order valence-electron chi connectivity index (χ2n) is 6.96. The lowest BCUT2D eigenvalue weighted by molar-refractivity contribution is -0.385. The quantitative estimate of drug-likeness (QED) is 0.522. The highest BCUT2D eigenvalue weighted by atomic mass is 16.6. The van der Waals surface area contributed by atoms with E-state index in [1.54, 1.807) is 38.2 Å². The van der Waals surface area contributed by atoms with Crippen molar-refractivity contribution in [2.45, 2.75) is 26.7 Å². The van der Waals surface area contributed by atoms with Gasteiger partial charge in [-0.15, -0.1) is 0 Å². The van der Waals surface area contributed by atoms with Gasteiger partial charge in [0.15, 0.2) is 0 Å². The number of aryl methyl sites for hydroxylation is 2. The Labute approximate surface area is 166 Å². The van der Waals surface area contributed by atoms with Gasteiger partial charge in [0.05, 0.1) is 16.3 Å². The van der Waals surface area contributed by atoms with Gasteiger partial charge in [-0.05, 0) is 44.9 Å². The van der Waals surface area contributed by atoms with E-state index in [-0.39, 0.29) is 17.5 Å². The summed E-state index contributed by atoms with van der Waals surface area (Å²) >= 11 is 0. The lowest BCUT2D eigenvalue weighted by Gasteiger charge is -2.09. The highest BCUT2D eigenvalue weighted by Crippen LogP contribution is 2.31. The Morgan fingerprint density at radius 3 is 2.62 bits per heavy atom. The Morgan fingerprint density at radius 1 is 1.14 bits per heavy atom. The Morgan fingerprint density at radius 2 is 1.90 bits per heavy atom. The third-order valence-corrected chi connectivity index (χ3v) is 4.65. The summed E-state index contributed by atoms with van der Waals surface area (Å²) in [5, 5.41) is 13.9. The molecule has 0 saturated heterocycles. The SMILES string of the molecule is Cc1nc(-c2ccnc(NC(=O)C3CC3)c2)cc(-c2cc([N+](=O)[O-])cnc2C)n1. The minimum Gasteiger partial charge on any atom is -0.310 e. The maximum Gasteiger partial charge on any atom is 0.288 e. The van der Waals surface area contributed by atoms with Gasteiger partial charge in [-0.25, -0.2) is 15.0 Å². The number of anilines is 1. The summed E-state index contributed by atoms with van der Waals surface area (Å²) in [5.41, 5.74) is 3.03. The first-order valence-corrected chi connectivity index (χ1v) is 9.15. The molecular weight excluding hydrogens is 372 g/mol. The molecule has 1 N–H and O–H groups in total. The number of aromatic nitrogens is 4. The fourth-order valence-electron chi connectivity index (χ4n) is 2.97. The monoisotopic (exact) mass is 390 g/mol. The van der Waals surface area contributed by atoms with Gasteiger partial charge in [-0.1, -0.05) is 0 Å². The summed E-state index contributed by atoms with van der Waals surface area (Å²) in [6.45, 7) is 3.53. The van der Waals surface area contributed by atoms with Crippen molar-refractivity contribution in [3.8, 4) is 22.5 Å². The molecule has 3 aromatic rings. The zero-order valence-corrected chi connectivity index (χ0v) is 15.9. The second kappa shape index (κ2) is 7.34. The molecule has 1 aliphatic rings. The van der Waals surface area contributed by atoms with Crippen molar-refractivity contribution in [3.63, 3.8) is 0 Å². The average molecular weight is 390 g/mol. The average Bonchev–Trinajstić information content (AvgIpc) is 3.53. The van der Waals surface area contributed by atoms with Crippen LogP contribution < -0.4 is 5.32 Å². The first-order chi connectivity index (χ1) is 13.9. The van der Waals surface area contributed by atoms with Crippen molar-refractivity contribution in [2.24, 2.45) is 5.92 Å². The number of pyridine rings is 2. The molecule has 9 heteroatoms. The predicted molar refractivity (Wildman–Crippen MR) is 106 cm³/mol. The molecule has 4 rings (SSSR count). The number of nitro groups is 1. The number of amides is 1. The number of hydrogen-bond acceptors (Lipinski definition) is 7. The summed E-state index contributed by atoms with van der Waals surface area (Å²) in [4.78, 5) is 39.9. The van der Waals surface area contributed by atoms with Crippen LogP contribution in [0.3, 0.4) is 0 Å². The number of carbonyl (C=O) groups is 1. The van der Waals surface area contributed by atoms with Crippen molar-refractivity contribution in [2.75, 3.05) is 5.32 Å². The van der Waals surface area contributed by atoms with E-state index in [9.17, 15) is 14.9 Å². The molecule has 1 amide bonds. The first kappa shape index (κ1) is 18.6. The standard InChI is InChI=1S/C20H18N6O3/c1-11-16(8-15(10-22-11)26(28)29)18-9-17(23-12(2)24-18)14-5-6-21-19(7-14)25-20(27)13-3-4-13/h5-10,13H,3-4H2,1-2H3,(H,21,25,27). The molecule has 0 unspecified atom stereocenters. The molecule has 1 aliphatic carbocycles. The smallest absolute Gasteiger partial charge is 0.288 e. The second-order valence-corrected chi connectivity index (χ2v) is 6.96. The van der Waals surface area contributed by atoms with Crippen LogP contribution in [0.1, 0.15) is 24.4 Å². The normalized spacial score (nSPS) is 13.2. The third kappa shape index (κ3) is 4.08. The van der Waals surface area contributed by atoms with Crippen LogP contribution in [0, 0.1) is 29.9 Å². The summed E-state index contributed by atoms with van der Waals surface area (Å²) < 4.78 is 0. The molecule has 0 aliphatic heterocycles. The number of rotatable bonds is 5. The zero-order chi connectivity index (χ0) is 20.5. The van der Waals surface area contributed by atoms with Crippen LogP contribution in [0.15, 0.2) is 36.7 Å². The van der Waals surface area contributed by atoms with E-state index in [4.69, 9.17) is 0 Å². The third-order valence-electron chi connectivity index (χ3n) is 4.65. The van der Waals surface area contributed by atoms with E-state index in [1.165, 1.54) is 12.3 Å². The molecule has 0 radical (unpaired) electrons. The van der Waals surface area contributed by atoms with Gasteiger partial charge in [0, 0.05) is 35.0 Å². The zero-order valence-electron chi connectivity index (χ0n) is 15.9. The first-order valence-electron chi connectivity index (χ1n) is 9.15. The predicted octanol–water partition coefficient (Wildman–Crippen LogP) is 3.47. The van der Waals surface area contributed by atoms with Crippen molar-refractivity contribution >= 4 is 17.4 Å². The Kier molecular flexibility index (Phi) is 4.71. The number of nitrogens with one attached hydrogen (secondary N) is 1. The molecule has 3 aromatic heterocycles. The molecule has 0 spiro atoms. The minimum absolute atomic E-state index is 0.0208. The van der Waals surface area contributed by atoms with Crippen molar-refractivity contribution in [1.29, 1.82) is 0 Å². The van der Waals surface area contributed by atoms with Gasteiger partial charge in [0.1, 0.15) is 17.8 Å². The van der Waals surface area contributed by atoms with Gasteiger partial charge >= 0.3 is 0 Å². The molecule has 3 heterocycles. The molecule has 146 valence electrons. The van der Waals surface area contributed by atoms with E-state index >= 15 is 0 Å². The van der Waals surface area contributed by atoms with Crippen LogP contribution >= 0.6 is 0 Å². The van der Waals surface area contributed by atoms with Gasteiger partial charge in [0.2, 0.25) is 5.91 Å². The van der Waals surface area contributed by atoms with Crippen molar-refractivity contribution in [1.82, 2.24) is 19.9 Å². The molecule has 0 bridgehead atoms. The highest BCUT2D eigenvalue weighted by molar-refractivity contribution is 5.93. The van der Waals surface area contributed by atoms with Gasteiger partial charge in [0.25, 0.3) is 5.69 Å². The Hall–Kier alpha value is -3.75. The van der Waals surface area contributed by atoms with Gasteiger partial charge in [-0.2, -0.15) is 0 Å². The van der Waals surface area contributed by atoms with Crippen LogP contribution in [0.5, 0.6) is 0 Å². The molecule has 9 nitrogen and oxygen atoms in total. The maximum atomic E-state index is 12.0. The summed E-state index contributed by atoms with van der Waals surface area (Å²) in [5.74, 6) is 1.04. The molecular formula is C20H18N6O3. The number of hydrogen-bond donors (Lipinski definition) is 1. The van der Waals surface area contributed by atoms with E-state index in [1.807, 2.05) is 0 Å². The van der Waals surface area contributed by atoms with Crippen LogP contribution in [-0.2, 0) is 4.79 Å². The fraction of sp³-hybridized carbons (Fsp3) is 0.250. The van der Waals surface area contributed by atoms with Crippen LogP contribution in [0.4, 0.5) is 11.5 Å². The van der Waals surface area contributed by atoms with Crippen LogP contribution in [0.2, 0.25) is 0 Å². The molecule has 0 aromatic carbocycles. The Bertz CT molecular complexity index is 1130. The highest BCUT2D eigenvalue weighted by Gasteiger charge is 2.29. The van der Waals surface area contributed by atoms with Crippen molar-refractivity contribution in [3.05, 3.63) is 58.3 Å². The van der Waals surface area contributed by atoms with Gasteiger partial charge < -0.3 is 5.32 Å². The topological polar surface area (TPSA) is 124 Å². The summed E-state index contributed by atoms with van der Waals surface area (Å²) in [7, 11) is 0. The van der Waals surface area contributed by atoms with E-state index in [0.717, 1.165) is 18.4 Å². The summed E-state index contributed by atoms with van der Waals surface area (Å²) in [6, 6.07) is 6.76. The Balaban J connectivity index is 1.72. The largest absolute Gasteiger partial charge is 0.310 e. The summed E-state index contributed by atoms with van der Waals surface area (Å²) in [6.07, 6.45) is 4.66. The molecule has 1 fully saturated rings.